The first-order valence-electron chi connectivity index (χ1n) is 21.4. The third kappa shape index (κ3) is 7.67. The molecule has 0 bridgehead atoms. The smallest absolute Gasteiger partial charge is 0.180 e. The van der Waals surface area contributed by atoms with Crippen LogP contribution in [0.25, 0.3) is 82.9 Å². The Kier molecular flexibility index (Phi) is 10.8. The van der Waals surface area contributed by atoms with Crippen LogP contribution in [0.15, 0.2) is 235 Å². The van der Waals surface area contributed by atoms with Crippen LogP contribution in [-0.2, 0) is 0 Å². The number of nitrogens with two attached hydrogens (primary N) is 1. The number of benzene rings is 8. The summed E-state index contributed by atoms with van der Waals surface area (Å²) in [5.74, 6) is 0.632. The molecule has 5 heteroatoms. The molecule has 0 unspecified atom stereocenters. The molecule has 8 aromatic carbocycles. The van der Waals surface area contributed by atoms with Crippen LogP contribution in [0.1, 0.15) is 22.5 Å². The van der Waals surface area contributed by atoms with Crippen LogP contribution in [0.3, 0.4) is 0 Å². The lowest BCUT2D eigenvalue weighted by Gasteiger charge is -2.21. The zero-order valence-corrected chi connectivity index (χ0v) is 35.4. The molecule has 10 aromatic rings. The molecule has 2 heterocycles. The van der Waals surface area contributed by atoms with Crippen molar-refractivity contribution in [3.63, 3.8) is 0 Å². The van der Waals surface area contributed by atoms with Gasteiger partial charge in [0.25, 0.3) is 0 Å². The summed E-state index contributed by atoms with van der Waals surface area (Å²) in [7, 11) is 0. The van der Waals surface area contributed by atoms with Gasteiger partial charge in [0, 0.05) is 18.0 Å². The molecule has 0 aliphatic rings. The molecule has 5 nitrogen and oxygen atoms in total. The molecule has 0 saturated heterocycles. The predicted molar refractivity (Wildman–Crippen MR) is 268 cm³/mol. The lowest BCUT2D eigenvalue weighted by atomic mass is 9.83. The van der Waals surface area contributed by atoms with E-state index in [-0.39, 0.29) is 0 Å². The second-order valence-electron chi connectivity index (χ2n) is 15.7. The van der Waals surface area contributed by atoms with Gasteiger partial charge in [-0.15, -0.1) is 0 Å². The zero-order chi connectivity index (χ0) is 43.4. The number of hydrogen-bond acceptors (Lipinski definition) is 3. The van der Waals surface area contributed by atoms with E-state index in [0.29, 0.717) is 28.8 Å². The quantitative estimate of drug-likeness (QED) is 0.0895. The summed E-state index contributed by atoms with van der Waals surface area (Å²) in [6, 6.07) is 71.7. The van der Waals surface area contributed by atoms with Gasteiger partial charge in [-0.3, -0.25) is 9.97 Å². The van der Waals surface area contributed by atoms with E-state index in [4.69, 9.17) is 15.7 Å². The van der Waals surface area contributed by atoms with Crippen molar-refractivity contribution in [2.24, 2.45) is 15.7 Å². The average molecular weight is 822 g/mol. The standard InChI is InChI=1S/C59H43N5/c1-39-19-9-10-24-45(39)56-50-33-31-44(49-28-14-12-26-47(49)42-22-7-4-8-23-42)38-53(50)57(58(60)64-59(55-30-16-18-36-62-55)63-40(2)54-29-15-17-35-61-54)51-34-32-43(37-52(51)56)48-27-13-11-25-46(48)41-20-5-3-6-21-41/h3-38H,2H2,1H3,(H2,60,63,64). The normalized spacial score (nSPS) is 11.8. The monoisotopic (exact) mass is 821 g/mol. The molecule has 0 fully saturated rings. The van der Waals surface area contributed by atoms with Gasteiger partial charge >= 0.3 is 0 Å². The van der Waals surface area contributed by atoms with Crippen molar-refractivity contribution >= 4 is 38.9 Å². The number of fused-ring (bicyclic) bond motifs is 2. The number of aryl methyl sites for hydroxylation is 1. The minimum Gasteiger partial charge on any atom is -0.383 e. The largest absolute Gasteiger partial charge is 0.383 e. The van der Waals surface area contributed by atoms with Crippen LogP contribution in [0, 0.1) is 6.92 Å². The third-order valence-electron chi connectivity index (χ3n) is 11.8. The van der Waals surface area contributed by atoms with Gasteiger partial charge in [-0.2, -0.15) is 0 Å². The second kappa shape index (κ2) is 17.4. The number of hydrogen-bond donors (Lipinski definition) is 1. The van der Waals surface area contributed by atoms with Crippen molar-refractivity contribution in [2.45, 2.75) is 6.92 Å². The number of pyridine rings is 2. The number of nitrogens with zero attached hydrogens (tertiary/aromatic N) is 4. The van der Waals surface area contributed by atoms with Crippen LogP contribution in [0.2, 0.25) is 0 Å². The number of rotatable bonds is 9. The van der Waals surface area contributed by atoms with Crippen LogP contribution in [0.4, 0.5) is 0 Å². The lowest BCUT2D eigenvalue weighted by molar-refractivity contribution is 1.24. The average Bonchev–Trinajstić information content (AvgIpc) is 3.36. The maximum absolute atomic E-state index is 7.45. The van der Waals surface area contributed by atoms with Crippen molar-refractivity contribution < 1.29 is 0 Å². The lowest BCUT2D eigenvalue weighted by Crippen LogP contribution is -2.18. The Morgan fingerprint density at radius 3 is 1.44 bits per heavy atom. The highest BCUT2D eigenvalue weighted by atomic mass is 15.0. The molecule has 2 aromatic heterocycles. The van der Waals surface area contributed by atoms with Gasteiger partial charge in [0.05, 0.1) is 11.4 Å². The summed E-state index contributed by atoms with van der Waals surface area (Å²) < 4.78 is 0. The van der Waals surface area contributed by atoms with Gasteiger partial charge in [-0.1, -0.05) is 176 Å². The Bertz CT molecular complexity index is 3390. The van der Waals surface area contributed by atoms with Crippen LogP contribution in [0.5, 0.6) is 0 Å². The van der Waals surface area contributed by atoms with Gasteiger partial charge in [-0.05, 0) is 126 Å². The predicted octanol–water partition coefficient (Wildman–Crippen LogP) is 14.2. The van der Waals surface area contributed by atoms with Gasteiger partial charge in [-0.25, -0.2) is 9.98 Å². The Hall–Kier alpha value is -8.54. The highest BCUT2D eigenvalue weighted by molar-refractivity contribution is 6.28. The van der Waals surface area contributed by atoms with E-state index in [2.05, 4.69) is 193 Å². The Labute approximate surface area is 373 Å². The summed E-state index contributed by atoms with van der Waals surface area (Å²) in [5, 5.41) is 4.04. The van der Waals surface area contributed by atoms with E-state index in [9.17, 15) is 0 Å². The molecule has 0 saturated carbocycles. The molecule has 0 atom stereocenters. The fraction of sp³-hybridized carbons (Fsp3) is 0.0169. The summed E-state index contributed by atoms with van der Waals surface area (Å²) >= 11 is 0. The molecular weight excluding hydrogens is 779 g/mol. The maximum atomic E-state index is 7.45. The summed E-state index contributed by atoms with van der Waals surface area (Å²) in [5.41, 5.74) is 22.4. The first-order chi connectivity index (χ1) is 31.5. The summed E-state index contributed by atoms with van der Waals surface area (Å²) in [6.45, 7) is 6.46. The van der Waals surface area contributed by atoms with Crippen LogP contribution < -0.4 is 5.73 Å². The fourth-order valence-electron chi connectivity index (χ4n) is 8.71. The minimum absolute atomic E-state index is 0.301. The molecule has 2 N–H and O–H groups in total. The van der Waals surface area contributed by atoms with Gasteiger partial charge in [0.2, 0.25) is 0 Å². The van der Waals surface area contributed by atoms with E-state index in [1.54, 1.807) is 12.4 Å². The SMILES string of the molecule is C=C(/N=C(\N=C(/N)c1c2cc(-c3ccccc3-c3ccccc3)ccc2c(-c2ccccc2C)c2cc(-c3ccccc3-c3ccccc3)ccc12)c1ccccn1)c1ccccn1. The van der Waals surface area contributed by atoms with Crippen molar-refractivity contribution in [3.8, 4) is 55.6 Å². The minimum atomic E-state index is 0.301. The molecular formula is C59H43N5. The van der Waals surface area contributed by atoms with E-state index >= 15 is 0 Å². The first kappa shape index (κ1) is 39.6. The third-order valence-corrected chi connectivity index (χ3v) is 11.8. The van der Waals surface area contributed by atoms with Gasteiger partial charge < -0.3 is 5.73 Å². The zero-order valence-electron chi connectivity index (χ0n) is 35.4. The Morgan fingerprint density at radius 2 is 0.891 bits per heavy atom. The van der Waals surface area contributed by atoms with E-state index in [1.165, 1.54) is 5.56 Å². The molecule has 0 aliphatic carbocycles. The number of aromatic nitrogens is 2. The van der Waals surface area contributed by atoms with Crippen molar-refractivity contribution in [2.75, 3.05) is 0 Å². The molecule has 0 amide bonds. The van der Waals surface area contributed by atoms with Crippen molar-refractivity contribution in [3.05, 3.63) is 248 Å². The Morgan fingerprint density at radius 1 is 0.422 bits per heavy atom. The topological polar surface area (TPSA) is 76.5 Å². The molecule has 0 spiro atoms. The van der Waals surface area contributed by atoms with E-state index in [0.717, 1.165) is 82.7 Å². The first-order valence-corrected chi connectivity index (χ1v) is 21.4. The van der Waals surface area contributed by atoms with Crippen LogP contribution in [-0.4, -0.2) is 21.6 Å². The molecule has 0 radical (unpaired) electrons. The highest BCUT2D eigenvalue weighted by Gasteiger charge is 2.22. The Balaban J connectivity index is 1.29. The van der Waals surface area contributed by atoms with E-state index < -0.39 is 0 Å². The van der Waals surface area contributed by atoms with Gasteiger partial charge in [0.15, 0.2) is 5.84 Å². The van der Waals surface area contributed by atoms with Crippen LogP contribution >= 0.6 is 0 Å². The molecule has 304 valence electrons. The fourth-order valence-corrected chi connectivity index (χ4v) is 8.71. The second-order valence-corrected chi connectivity index (χ2v) is 15.7. The van der Waals surface area contributed by atoms with Crippen molar-refractivity contribution in [1.29, 1.82) is 0 Å². The number of amidine groups is 2. The van der Waals surface area contributed by atoms with Crippen molar-refractivity contribution in [1.82, 2.24) is 9.97 Å². The van der Waals surface area contributed by atoms with E-state index in [1.807, 2.05) is 36.4 Å². The van der Waals surface area contributed by atoms with Gasteiger partial charge in [0.1, 0.15) is 11.5 Å². The summed E-state index contributed by atoms with van der Waals surface area (Å²) in [4.78, 5) is 19.3. The molecule has 0 aliphatic heterocycles. The highest BCUT2D eigenvalue weighted by Crippen LogP contribution is 2.45. The molecule has 64 heavy (non-hydrogen) atoms. The maximum Gasteiger partial charge on any atom is 0.180 e. The summed E-state index contributed by atoms with van der Waals surface area (Å²) in [6.07, 6.45) is 3.45. The molecule has 10 rings (SSSR count). The number of aliphatic imine (C=N–C) groups is 2.